The van der Waals surface area contributed by atoms with Gasteiger partial charge in [-0.3, -0.25) is 0 Å². The van der Waals surface area contributed by atoms with Crippen molar-refractivity contribution in [2.24, 2.45) is 0 Å². The van der Waals surface area contributed by atoms with Crippen molar-refractivity contribution in [3.63, 3.8) is 0 Å². The van der Waals surface area contributed by atoms with Crippen molar-refractivity contribution in [3.05, 3.63) is 0 Å². The van der Waals surface area contributed by atoms with Gasteiger partial charge in [-0.15, -0.1) is 0 Å². The molecule has 0 rings (SSSR count). The maximum absolute atomic E-state index is 9.05. The first kappa shape index (κ1) is 10.8. The van der Waals surface area contributed by atoms with Gasteiger partial charge < -0.3 is 25.2 Å². The van der Waals surface area contributed by atoms with Crippen LogP contribution in [0.25, 0.3) is 0 Å². The third-order valence-corrected chi connectivity index (χ3v) is 1.03. The van der Waals surface area contributed by atoms with E-state index in [0.717, 1.165) is 0 Å². The molecule has 0 heterocycles. The highest BCUT2D eigenvalue weighted by atomic mass is 16.7. The van der Waals surface area contributed by atoms with Crippen LogP contribution >= 0.6 is 0 Å². The van der Waals surface area contributed by atoms with E-state index in [1.165, 1.54) is 13.8 Å². The third kappa shape index (κ3) is 4.28. The van der Waals surface area contributed by atoms with Crippen LogP contribution in [0.5, 0.6) is 0 Å². The van der Waals surface area contributed by atoms with Crippen molar-refractivity contribution in [2.75, 3.05) is 13.2 Å². The second-order valence-corrected chi connectivity index (χ2v) is 2.77. The molecular weight excluding hydrogens is 152 g/mol. The second kappa shape index (κ2) is 3.46. The van der Waals surface area contributed by atoms with E-state index in [1.54, 1.807) is 0 Å². The molecule has 0 saturated heterocycles. The van der Waals surface area contributed by atoms with Crippen LogP contribution < -0.4 is 0 Å². The van der Waals surface area contributed by atoms with Gasteiger partial charge in [-0.1, -0.05) is 0 Å². The molecule has 0 fully saturated rings. The highest BCUT2D eigenvalue weighted by Gasteiger charge is 2.31. The zero-order chi connectivity index (χ0) is 9.12. The summed E-state index contributed by atoms with van der Waals surface area (Å²) < 4.78 is 4.53. The minimum atomic E-state index is -1.83. The molecule has 0 bridgehead atoms. The summed E-state index contributed by atoms with van der Waals surface area (Å²) >= 11 is 0. The summed E-state index contributed by atoms with van der Waals surface area (Å²) in [6.45, 7) is 1.06. The summed E-state index contributed by atoms with van der Waals surface area (Å²) in [6.07, 6.45) is 0. The zero-order valence-corrected chi connectivity index (χ0v) is 6.61. The van der Waals surface area contributed by atoms with E-state index in [-0.39, 0.29) is 0 Å². The Bertz CT molecular complexity index is 106. The van der Waals surface area contributed by atoms with Crippen LogP contribution in [0.3, 0.4) is 0 Å². The van der Waals surface area contributed by atoms with Crippen molar-refractivity contribution < 1.29 is 25.2 Å². The molecule has 0 aliphatic heterocycles. The smallest absolute Gasteiger partial charge is 0.189 e. The Morgan fingerprint density at radius 2 is 1.27 bits per heavy atom. The number of rotatable bonds is 4. The van der Waals surface area contributed by atoms with Crippen LogP contribution in [-0.2, 0) is 4.74 Å². The normalized spacial score (nSPS) is 22.4. The maximum Gasteiger partial charge on any atom is 0.189 e. The predicted molar refractivity (Wildman–Crippen MR) is 36.5 cm³/mol. The van der Waals surface area contributed by atoms with Crippen LogP contribution in [0.15, 0.2) is 0 Å². The molecular formula is C6H14O5. The number of hydrogen-bond acceptors (Lipinski definition) is 5. The molecule has 0 spiro atoms. The lowest BCUT2D eigenvalue weighted by Crippen LogP contribution is -2.45. The van der Waals surface area contributed by atoms with Gasteiger partial charge in [0.15, 0.2) is 11.6 Å². The Hall–Kier alpha value is -0.200. The average molecular weight is 166 g/mol. The van der Waals surface area contributed by atoms with Crippen molar-refractivity contribution >= 4 is 0 Å². The standard InChI is InChI=1S/C6H14O5/c1-5(9,3-7)11-6(2,10)4-8/h7-10H,3-4H2,1-2H3. The van der Waals surface area contributed by atoms with Crippen LogP contribution in [0.1, 0.15) is 13.8 Å². The highest BCUT2D eigenvalue weighted by Crippen LogP contribution is 2.14. The fourth-order valence-corrected chi connectivity index (χ4v) is 0.538. The van der Waals surface area contributed by atoms with E-state index in [0.29, 0.717) is 0 Å². The van der Waals surface area contributed by atoms with Gasteiger partial charge in [0.2, 0.25) is 0 Å². The number of ether oxygens (including phenoxy) is 1. The minimum absolute atomic E-state index is 0.650. The molecule has 0 aromatic carbocycles. The Kier molecular flexibility index (Phi) is 3.40. The van der Waals surface area contributed by atoms with Gasteiger partial charge in [0.05, 0.1) is 13.2 Å². The minimum Gasteiger partial charge on any atom is -0.391 e. The Labute approximate surface area is 64.9 Å². The first-order valence-corrected chi connectivity index (χ1v) is 3.20. The molecule has 0 amide bonds. The molecule has 4 N–H and O–H groups in total. The summed E-state index contributed by atoms with van der Waals surface area (Å²) in [6, 6.07) is 0. The molecule has 0 aromatic heterocycles. The largest absolute Gasteiger partial charge is 0.391 e. The summed E-state index contributed by atoms with van der Waals surface area (Å²) in [4.78, 5) is 0. The summed E-state index contributed by atoms with van der Waals surface area (Å²) in [5.41, 5.74) is 0. The number of aliphatic hydroxyl groups excluding tert-OH is 2. The van der Waals surface area contributed by atoms with Crippen LogP contribution in [0, 0.1) is 0 Å². The van der Waals surface area contributed by atoms with Crippen molar-refractivity contribution in [3.8, 4) is 0 Å². The molecule has 0 aliphatic rings. The Morgan fingerprint density at radius 1 is 1.00 bits per heavy atom. The van der Waals surface area contributed by atoms with Gasteiger partial charge >= 0.3 is 0 Å². The van der Waals surface area contributed by atoms with E-state index in [4.69, 9.17) is 20.4 Å². The lowest BCUT2D eigenvalue weighted by atomic mass is 10.3. The van der Waals surface area contributed by atoms with Gasteiger partial charge in [0.25, 0.3) is 0 Å². The third-order valence-electron chi connectivity index (χ3n) is 1.03. The van der Waals surface area contributed by atoms with Crippen LogP contribution in [0.4, 0.5) is 0 Å². The van der Waals surface area contributed by atoms with E-state index in [2.05, 4.69) is 4.74 Å². The van der Waals surface area contributed by atoms with E-state index < -0.39 is 24.8 Å². The Balaban J connectivity index is 4.02. The van der Waals surface area contributed by atoms with Crippen molar-refractivity contribution in [1.29, 1.82) is 0 Å². The maximum atomic E-state index is 9.05. The summed E-state index contributed by atoms with van der Waals surface area (Å²) in [7, 11) is 0. The molecule has 11 heavy (non-hydrogen) atoms. The quantitative estimate of drug-likeness (QED) is 0.378. The SMILES string of the molecule is CC(O)(CO)OC(C)(O)CO. The lowest BCUT2D eigenvalue weighted by molar-refractivity contribution is -0.336. The molecule has 0 radical (unpaired) electrons. The monoisotopic (exact) mass is 166 g/mol. The number of aliphatic hydroxyl groups is 4. The highest BCUT2D eigenvalue weighted by molar-refractivity contribution is 4.64. The molecule has 5 heteroatoms. The van der Waals surface area contributed by atoms with E-state index in [1.807, 2.05) is 0 Å². The summed E-state index contributed by atoms with van der Waals surface area (Å²) in [5, 5.41) is 35.1. The lowest BCUT2D eigenvalue weighted by Gasteiger charge is -2.30. The fourth-order valence-electron chi connectivity index (χ4n) is 0.538. The van der Waals surface area contributed by atoms with Gasteiger partial charge in [-0.2, -0.15) is 0 Å². The predicted octanol–water partition coefficient (Wildman–Crippen LogP) is -1.60. The topological polar surface area (TPSA) is 90.2 Å². The van der Waals surface area contributed by atoms with Crippen molar-refractivity contribution in [1.82, 2.24) is 0 Å². The first-order chi connectivity index (χ1) is 4.83. The molecule has 5 nitrogen and oxygen atoms in total. The fraction of sp³-hybridized carbons (Fsp3) is 1.00. The van der Waals surface area contributed by atoms with Crippen molar-refractivity contribution in [2.45, 2.75) is 25.4 Å². The zero-order valence-electron chi connectivity index (χ0n) is 6.61. The molecule has 2 unspecified atom stereocenters. The second-order valence-electron chi connectivity index (χ2n) is 2.77. The van der Waals surface area contributed by atoms with Gasteiger partial charge in [0, 0.05) is 0 Å². The van der Waals surface area contributed by atoms with E-state index >= 15 is 0 Å². The molecule has 0 aromatic rings. The first-order valence-electron chi connectivity index (χ1n) is 3.20. The van der Waals surface area contributed by atoms with Crippen LogP contribution in [0.2, 0.25) is 0 Å². The summed E-state index contributed by atoms with van der Waals surface area (Å²) in [5.74, 6) is -3.65. The molecule has 2 atom stereocenters. The van der Waals surface area contributed by atoms with Gasteiger partial charge in [-0.25, -0.2) is 0 Å². The molecule has 68 valence electrons. The van der Waals surface area contributed by atoms with Gasteiger partial charge in [0.1, 0.15) is 0 Å². The van der Waals surface area contributed by atoms with Crippen LogP contribution in [-0.4, -0.2) is 45.2 Å². The number of hydrogen-bond donors (Lipinski definition) is 4. The average Bonchev–Trinajstić information content (AvgIpc) is 1.86. The molecule has 0 saturated carbocycles. The Morgan fingerprint density at radius 3 is 1.45 bits per heavy atom. The molecule has 0 aliphatic carbocycles. The van der Waals surface area contributed by atoms with Gasteiger partial charge in [-0.05, 0) is 13.8 Å². The van der Waals surface area contributed by atoms with E-state index in [9.17, 15) is 0 Å².